The molecular formula is C23H34IN5OS. The third-order valence-corrected chi connectivity index (χ3v) is 6.15. The molecule has 1 saturated heterocycles. The van der Waals surface area contributed by atoms with Gasteiger partial charge in [0.25, 0.3) is 0 Å². The quantitative estimate of drug-likeness (QED) is 0.296. The molecule has 2 aromatic rings. The number of guanidine groups is 1. The Morgan fingerprint density at radius 2 is 2.13 bits per heavy atom. The molecule has 2 heterocycles. The molecule has 1 atom stereocenters. The van der Waals surface area contributed by atoms with E-state index in [0.29, 0.717) is 6.54 Å². The van der Waals surface area contributed by atoms with Crippen LogP contribution in [-0.4, -0.2) is 48.3 Å². The molecule has 1 aliphatic rings. The molecule has 6 nitrogen and oxygen atoms in total. The number of amides is 1. The predicted molar refractivity (Wildman–Crippen MR) is 140 cm³/mol. The van der Waals surface area contributed by atoms with Crippen molar-refractivity contribution in [2.75, 3.05) is 26.7 Å². The Morgan fingerprint density at radius 3 is 2.84 bits per heavy atom. The van der Waals surface area contributed by atoms with Crippen LogP contribution < -0.4 is 11.1 Å². The smallest absolute Gasteiger partial charge is 0.221 e. The van der Waals surface area contributed by atoms with Crippen LogP contribution in [0.15, 0.2) is 46.1 Å². The second kappa shape index (κ2) is 13.0. The number of hydrogen-bond donors (Lipinski definition) is 2. The molecule has 1 unspecified atom stereocenters. The minimum absolute atomic E-state index is 0. The molecule has 1 aromatic heterocycles. The first-order chi connectivity index (χ1) is 14.5. The molecule has 1 fully saturated rings. The summed E-state index contributed by atoms with van der Waals surface area (Å²) in [4.78, 5) is 20.9. The normalized spacial score (nSPS) is 17.1. The van der Waals surface area contributed by atoms with E-state index in [1.807, 2.05) is 0 Å². The minimum Gasteiger partial charge on any atom is -0.369 e. The first-order valence-electron chi connectivity index (χ1n) is 10.6. The third kappa shape index (κ3) is 8.08. The van der Waals surface area contributed by atoms with E-state index in [-0.39, 0.29) is 35.8 Å². The average molecular weight is 556 g/mol. The largest absolute Gasteiger partial charge is 0.369 e. The van der Waals surface area contributed by atoms with Gasteiger partial charge in [-0.2, -0.15) is 11.3 Å². The molecule has 0 bridgehead atoms. The van der Waals surface area contributed by atoms with Crippen molar-refractivity contribution in [1.82, 2.24) is 15.1 Å². The molecule has 170 valence electrons. The number of primary amides is 1. The zero-order valence-electron chi connectivity index (χ0n) is 18.4. The summed E-state index contributed by atoms with van der Waals surface area (Å²) in [5.74, 6) is 0.715. The first-order valence-corrected chi connectivity index (χ1v) is 11.6. The van der Waals surface area contributed by atoms with Gasteiger partial charge in [-0.15, -0.1) is 24.0 Å². The highest BCUT2D eigenvalue weighted by Crippen LogP contribution is 2.19. The van der Waals surface area contributed by atoms with Crippen molar-refractivity contribution in [3.05, 3.63) is 57.8 Å². The Morgan fingerprint density at radius 1 is 1.32 bits per heavy atom. The van der Waals surface area contributed by atoms with Gasteiger partial charge in [-0.1, -0.05) is 24.3 Å². The fourth-order valence-electron chi connectivity index (χ4n) is 3.88. The Bertz CT molecular complexity index is 842. The van der Waals surface area contributed by atoms with Crippen LogP contribution in [0.25, 0.3) is 0 Å². The van der Waals surface area contributed by atoms with Crippen LogP contribution in [0.1, 0.15) is 36.5 Å². The molecule has 0 saturated carbocycles. The minimum atomic E-state index is -0.176. The Labute approximate surface area is 206 Å². The van der Waals surface area contributed by atoms with Crippen LogP contribution in [0.2, 0.25) is 0 Å². The van der Waals surface area contributed by atoms with E-state index < -0.39 is 0 Å². The van der Waals surface area contributed by atoms with E-state index in [0.717, 1.165) is 51.5 Å². The van der Waals surface area contributed by atoms with E-state index in [4.69, 9.17) is 10.7 Å². The van der Waals surface area contributed by atoms with Crippen molar-refractivity contribution in [3.8, 4) is 0 Å². The number of aliphatic imine (C=N–C) groups is 1. The number of benzene rings is 1. The summed E-state index contributed by atoms with van der Waals surface area (Å²) >= 11 is 1.72. The zero-order chi connectivity index (χ0) is 21.3. The summed E-state index contributed by atoms with van der Waals surface area (Å²) in [6.45, 7) is 7.02. The van der Waals surface area contributed by atoms with Gasteiger partial charge in [0.05, 0.1) is 12.5 Å². The standard InChI is InChI=1S/C23H33N5OS.HI/c1-3-25-23(27(2)14-20-9-11-30-17-20)26-13-18-6-4-7-19(12-18)15-28-10-5-8-21(16-28)22(24)29;/h4,6-7,9,11-12,17,21H,3,5,8,10,13-16H2,1-2H3,(H2,24,29)(H,25,26);1H. The molecule has 0 spiro atoms. The van der Waals surface area contributed by atoms with Crippen LogP contribution in [0, 0.1) is 5.92 Å². The number of nitrogens with zero attached hydrogens (tertiary/aromatic N) is 3. The maximum absolute atomic E-state index is 11.5. The number of hydrogen-bond acceptors (Lipinski definition) is 4. The molecule has 0 radical (unpaired) electrons. The first kappa shape index (κ1) is 25.6. The molecule has 0 aliphatic carbocycles. The number of rotatable bonds is 8. The highest BCUT2D eigenvalue weighted by molar-refractivity contribution is 14.0. The number of nitrogens with one attached hydrogen (secondary N) is 1. The van der Waals surface area contributed by atoms with Crippen molar-refractivity contribution >= 4 is 47.2 Å². The number of likely N-dealkylation sites (tertiary alicyclic amines) is 1. The van der Waals surface area contributed by atoms with Crippen LogP contribution in [0.4, 0.5) is 0 Å². The monoisotopic (exact) mass is 555 g/mol. The fraction of sp³-hybridized carbons (Fsp3) is 0.478. The van der Waals surface area contributed by atoms with Crippen molar-refractivity contribution in [3.63, 3.8) is 0 Å². The molecule has 31 heavy (non-hydrogen) atoms. The van der Waals surface area contributed by atoms with Crippen LogP contribution >= 0.6 is 35.3 Å². The summed E-state index contributed by atoms with van der Waals surface area (Å²) in [5.41, 5.74) is 9.26. The summed E-state index contributed by atoms with van der Waals surface area (Å²) < 4.78 is 0. The second-order valence-corrected chi connectivity index (χ2v) is 8.73. The number of carbonyl (C=O) groups excluding carboxylic acids is 1. The lowest BCUT2D eigenvalue weighted by Gasteiger charge is -2.31. The maximum atomic E-state index is 11.5. The van der Waals surface area contributed by atoms with E-state index in [2.05, 4.69) is 70.2 Å². The summed E-state index contributed by atoms with van der Waals surface area (Å²) in [7, 11) is 2.07. The lowest BCUT2D eigenvalue weighted by molar-refractivity contribution is -0.123. The van der Waals surface area contributed by atoms with E-state index in [1.54, 1.807) is 11.3 Å². The number of nitrogens with two attached hydrogens (primary N) is 1. The average Bonchev–Trinajstić information content (AvgIpc) is 3.24. The van der Waals surface area contributed by atoms with Gasteiger partial charge in [-0.3, -0.25) is 9.69 Å². The van der Waals surface area contributed by atoms with Crippen LogP contribution in [0.3, 0.4) is 0 Å². The molecule has 1 aromatic carbocycles. The fourth-order valence-corrected chi connectivity index (χ4v) is 4.54. The molecule has 8 heteroatoms. The van der Waals surface area contributed by atoms with E-state index in [1.165, 1.54) is 16.7 Å². The van der Waals surface area contributed by atoms with Crippen LogP contribution in [-0.2, 0) is 24.4 Å². The van der Waals surface area contributed by atoms with Gasteiger partial charge in [-0.05, 0) is 59.8 Å². The molecular weight excluding hydrogens is 521 g/mol. The van der Waals surface area contributed by atoms with Gasteiger partial charge in [0.1, 0.15) is 0 Å². The van der Waals surface area contributed by atoms with Crippen molar-refractivity contribution < 1.29 is 4.79 Å². The summed E-state index contributed by atoms with van der Waals surface area (Å²) in [5, 5.41) is 7.67. The number of piperidine rings is 1. The lowest BCUT2D eigenvalue weighted by Crippen LogP contribution is -2.40. The number of halogens is 1. The Hall–Kier alpha value is -1.65. The van der Waals surface area contributed by atoms with Gasteiger partial charge in [0.2, 0.25) is 5.91 Å². The van der Waals surface area contributed by atoms with Crippen molar-refractivity contribution in [2.45, 2.75) is 39.4 Å². The highest BCUT2D eigenvalue weighted by Gasteiger charge is 2.23. The predicted octanol–water partition coefficient (Wildman–Crippen LogP) is 3.66. The summed E-state index contributed by atoms with van der Waals surface area (Å²) in [6.07, 6.45) is 1.94. The molecule has 3 N–H and O–H groups in total. The van der Waals surface area contributed by atoms with Gasteiger partial charge >= 0.3 is 0 Å². The zero-order valence-corrected chi connectivity index (χ0v) is 21.6. The van der Waals surface area contributed by atoms with Gasteiger partial charge in [0, 0.05) is 33.2 Å². The number of carbonyl (C=O) groups is 1. The van der Waals surface area contributed by atoms with Gasteiger partial charge in [0.15, 0.2) is 5.96 Å². The second-order valence-electron chi connectivity index (χ2n) is 7.95. The number of thiophene rings is 1. The van der Waals surface area contributed by atoms with Crippen molar-refractivity contribution in [1.29, 1.82) is 0 Å². The third-order valence-electron chi connectivity index (χ3n) is 5.41. The Kier molecular flexibility index (Phi) is 10.8. The molecule has 1 aliphatic heterocycles. The molecule has 3 rings (SSSR count). The van der Waals surface area contributed by atoms with Gasteiger partial charge in [-0.25, -0.2) is 4.99 Å². The Balaban J connectivity index is 0.00000341. The van der Waals surface area contributed by atoms with Crippen LogP contribution in [0.5, 0.6) is 0 Å². The molecule has 1 amide bonds. The van der Waals surface area contributed by atoms with E-state index in [9.17, 15) is 4.79 Å². The summed E-state index contributed by atoms with van der Waals surface area (Å²) in [6, 6.07) is 10.7. The topological polar surface area (TPSA) is 74.0 Å². The SMILES string of the molecule is CCNC(=NCc1cccc(CN2CCCC(C(N)=O)C2)c1)N(C)Cc1ccsc1.I. The maximum Gasteiger partial charge on any atom is 0.221 e. The highest BCUT2D eigenvalue weighted by atomic mass is 127. The van der Waals surface area contributed by atoms with Crippen molar-refractivity contribution in [2.24, 2.45) is 16.6 Å². The lowest BCUT2D eigenvalue weighted by atomic mass is 9.97. The van der Waals surface area contributed by atoms with E-state index >= 15 is 0 Å². The van der Waals surface area contributed by atoms with Gasteiger partial charge < -0.3 is 16.0 Å².